The number of rotatable bonds is 4. The van der Waals surface area contributed by atoms with E-state index in [0.717, 1.165) is 12.5 Å². The summed E-state index contributed by atoms with van der Waals surface area (Å²) in [6.07, 6.45) is 2.65. The lowest BCUT2D eigenvalue weighted by Gasteiger charge is -2.32. The van der Waals surface area contributed by atoms with Gasteiger partial charge in [-0.1, -0.05) is 28.1 Å². The molecule has 1 fully saturated rings. The van der Waals surface area contributed by atoms with Gasteiger partial charge in [-0.2, -0.15) is 0 Å². The summed E-state index contributed by atoms with van der Waals surface area (Å²) in [5.74, 6) is 0.868. The summed E-state index contributed by atoms with van der Waals surface area (Å²) in [5, 5.41) is 3.29. The van der Waals surface area contributed by atoms with Crippen LogP contribution in [-0.4, -0.2) is 31.6 Å². The zero-order valence-electron chi connectivity index (χ0n) is 11.8. The molecule has 1 heterocycles. The van der Waals surface area contributed by atoms with Crippen LogP contribution in [0.1, 0.15) is 24.0 Å². The van der Waals surface area contributed by atoms with Gasteiger partial charge in [-0.15, -0.1) is 12.4 Å². The molecule has 0 atom stereocenters. The fraction of sp³-hybridized carbons (Fsp3) is 0.600. The van der Waals surface area contributed by atoms with Gasteiger partial charge in [0.15, 0.2) is 0 Å². The SMILES string of the molecule is CNCC1CCN(Cc2ccc(C)cc2Br)CC1.Cl. The standard InChI is InChI=1S/C15H23BrN2.ClH/c1-12-3-4-14(15(16)9-12)11-18-7-5-13(6-8-18)10-17-2;/h3-4,9,13,17H,5-8,10-11H2,1-2H3;1H. The highest BCUT2D eigenvalue weighted by Gasteiger charge is 2.18. The molecule has 0 unspecified atom stereocenters. The molecular weight excluding hydrogens is 324 g/mol. The van der Waals surface area contributed by atoms with E-state index in [1.165, 1.54) is 48.1 Å². The first-order chi connectivity index (χ1) is 8.69. The molecule has 1 aliphatic heterocycles. The van der Waals surface area contributed by atoms with E-state index in [4.69, 9.17) is 0 Å². The molecule has 2 nitrogen and oxygen atoms in total. The summed E-state index contributed by atoms with van der Waals surface area (Å²) < 4.78 is 1.25. The van der Waals surface area contributed by atoms with Gasteiger partial charge >= 0.3 is 0 Å². The Morgan fingerprint density at radius 2 is 2.00 bits per heavy atom. The van der Waals surface area contributed by atoms with E-state index in [0.29, 0.717) is 0 Å². The molecule has 0 radical (unpaired) electrons. The maximum atomic E-state index is 3.67. The highest BCUT2D eigenvalue weighted by Crippen LogP contribution is 2.23. The Hall–Kier alpha value is -0.0900. The number of aryl methyl sites for hydroxylation is 1. The molecule has 2 rings (SSSR count). The third-order valence-corrected chi connectivity index (χ3v) is 4.54. The number of nitrogens with one attached hydrogen (secondary N) is 1. The number of hydrogen-bond donors (Lipinski definition) is 1. The molecule has 0 amide bonds. The summed E-state index contributed by atoms with van der Waals surface area (Å²) in [7, 11) is 2.05. The molecule has 0 aliphatic carbocycles. The van der Waals surface area contributed by atoms with Crippen LogP contribution in [0.2, 0.25) is 0 Å². The summed E-state index contributed by atoms with van der Waals surface area (Å²) in [6.45, 7) is 6.84. The zero-order valence-corrected chi connectivity index (χ0v) is 14.2. The fourth-order valence-electron chi connectivity index (χ4n) is 2.66. The third-order valence-electron chi connectivity index (χ3n) is 3.80. The van der Waals surface area contributed by atoms with Crippen LogP contribution in [-0.2, 0) is 6.54 Å². The Kier molecular flexibility index (Phi) is 7.37. The lowest BCUT2D eigenvalue weighted by Crippen LogP contribution is -2.36. The molecule has 1 aromatic rings. The van der Waals surface area contributed by atoms with Gasteiger partial charge in [0.25, 0.3) is 0 Å². The van der Waals surface area contributed by atoms with E-state index >= 15 is 0 Å². The van der Waals surface area contributed by atoms with Gasteiger partial charge in [-0.3, -0.25) is 4.90 Å². The van der Waals surface area contributed by atoms with Crippen molar-refractivity contribution in [2.45, 2.75) is 26.3 Å². The number of halogens is 2. The minimum absolute atomic E-state index is 0. The minimum atomic E-state index is 0. The largest absolute Gasteiger partial charge is 0.319 e. The quantitative estimate of drug-likeness (QED) is 0.895. The average molecular weight is 348 g/mol. The first-order valence-corrected chi connectivity index (χ1v) is 7.60. The van der Waals surface area contributed by atoms with Crippen molar-refractivity contribution in [2.24, 2.45) is 5.92 Å². The van der Waals surface area contributed by atoms with Gasteiger partial charge in [0, 0.05) is 11.0 Å². The Morgan fingerprint density at radius 3 is 2.58 bits per heavy atom. The molecule has 0 bridgehead atoms. The highest BCUT2D eigenvalue weighted by molar-refractivity contribution is 9.10. The molecule has 4 heteroatoms. The molecule has 1 aromatic carbocycles. The van der Waals surface area contributed by atoms with Crippen LogP contribution in [0, 0.1) is 12.8 Å². The van der Waals surface area contributed by atoms with Crippen molar-refractivity contribution in [2.75, 3.05) is 26.7 Å². The van der Waals surface area contributed by atoms with E-state index in [9.17, 15) is 0 Å². The van der Waals surface area contributed by atoms with Gasteiger partial charge in [-0.25, -0.2) is 0 Å². The van der Waals surface area contributed by atoms with Gasteiger partial charge in [-0.05, 0) is 69.6 Å². The number of likely N-dealkylation sites (tertiary alicyclic amines) is 1. The number of nitrogens with zero attached hydrogens (tertiary/aromatic N) is 1. The van der Waals surface area contributed by atoms with Crippen LogP contribution in [0.25, 0.3) is 0 Å². The van der Waals surface area contributed by atoms with E-state index in [2.05, 4.69) is 58.3 Å². The lowest BCUT2D eigenvalue weighted by atomic mass is 9.96. The summed E-state index contributed by atoms with van der Waals surface area (Å²) >= 11 is 3.67. The first kappa shape index (κ1) is 17.0. The molecule has 108 valence electrons. The normalized spacial score (nSPS) is 17.2. The van der Waals surface area contributed by atoms with Crippen molar-refractivity contribution < 1.29 is 0 Å². The van der Waals surface area contributed by atoms with Crippen LogP contribution in [0.15, 0.2) is 22.7 Å². The van der Waals surface area contributed by atoms with E-state index in [1.54, 1.807) is 0 Å². The molecule has 0 spiro atoms. The monoisotopic (exact) mass is 346 g/mol. The van der Waals surface area contributed by atoms with Gasteiger partial charge in [0.05, 0.1) is 0 Å². The second-order valence-corrected chi connectivity index (χ2v) is 6.23. The number of piperidine rings is 1. The Labute approximate surface area is 131 Å². The van der Waals surface area contributed by atoms with Crippen molar-refractivity contribution in [3.63, 3.8) is 0 Å². The van der Waals surface area contributed by atoms with Crippen LogP contribution >= 0.6 is 28.3 Å². The van der Waals surface area contributed by atoms with Crippen LogP contribution in [0.5, 0.6) is 0 Å². The van der Waals surface area contributed by atoms with Crippen LogP contribution in [0.3, 0.4) is 0 Å². The van der Waals surface area contributed by atoms with E-state index in [1.807, 2.05) is 0 Å². The lowest BCUT2D eigenvalue weighted by molar-refractivity contribution is 0.176. The smallest absolute Gasteiger partial charge is 0.0244 e. The van der Waals surface area contributed by atoms with Crippen molar-refractivity contribution in [3.05, 3.63) is 33.8 Å². The summed E-state index contributed by atoms with van der Waals surface area (Å²) in [6, 6.07) is 6.66. The van der Waals surface area contributed by atoms with Crippen molar-refractivity contribution in [1.82, 2.24) is 10.2 Å². The molecule has 1 aliphatic rings. The molecule has 1 N–H and O–H groups in total. The van der Waals surface area contributed by atoms with Crippen molar-refractivity contribution in [3.8, 4) is 0 Å². The average Bonchev–Trinajstić information content (AvgIpc) is 2.35. The predicted octanol–water partition coefficient (Wildman–Crippen LogP) is 3.61. The second kappa shape index (κ2) is 8.25. The maximum absolute atomic E-state index is 3.67. The predicted molar refractivity (Wildman–Crippen MR) is 88.1 cm³/mol. The molecular formula is C15H24BrClN2. The van der Waals surface area contributed by atoms with Gasteiger partial charge < -0.3 is 5.32 Å². The zero-order chi connectivity index (χ0) is 13.0. The van der Waals surface area contributed by atoms with Crippen molar-refractivity contribution >= 4 is 28.3 Å². The Morgan fingerprint density at radius 1 is 1.32 bits per heavy atom. The van der Waals surface area contributed by atoms with Crippen LogP contribution < -0.4 is 5.32 Å². The topological polar surface area (TPSA) is 15.3 Å². The summed E-state index contributed by atoms with van der Waals surface area (Å²) in [5.41, 5.74) is 2.73. The highest BCUT2D eigenvalue weighted by atomic mass is 79.9. The molecule has 0 saturated carbocycles. The van der Waals surface area contributed by atoms with Crippen molar-refractivity contribution in [1.29, 1.82) is 0 Å². The van der Waals surface area contributed by atoms with Gasteiger partial charge in [0.1, 0.15) is 0 Å². The maximum Gasteiger partial charge on any atom is 0.0244 e. The Balaban J connectivity index is 0.00000180. The molecule has 19 heavy (non-hydrogen) atoms. The van der Waals surface area contributed by atoms with E-state index in [-0.39, 0.29) is 12.4 Å². The molecule has 0 aromatic heterocycles. The Bertz CT molecular complexity index is 390. The summed E-state index contributed by atoms with van der Waals surface area (Å²) in [4.78, 5) is 2.57. The second-order valence-electron chi connectivity index (χ2n) is 5.37. The molecule has 1 saturated heterocycles. The van der Waals surface area contributed by atoms with Crippen LogP contribution in [0.4, 0.5) is 0 Å². The number of hydrogen-bond acceptors (Lipinski definition) is 2. The third kappa shape index (κ3) is 5.07. The first-order valence-electron chi connectivity index (χ1n) is 6.81. The fourth-order valence-corrected chi connectivity index (χ4v) is 3.28. The minimum Gasteiger partial charge on any atom is -0.319 e. The van der Waals surface area contributed by atoms with E-state index < -0.39 is 0 Å². The number of benzene rings is 1. The van der Waals surface area contributed by atoms with Gasteiger partial charge in [0.2, 0.25) is 0 Å².